The van der Waals surface area contributed by atoms with Gasteiger partial charge < -0.3 is 10.0 Å². The van der Waals surface area contributed by atoms with Gasteiger partial charge in [0.15, 0.2) is 0 Å². The molecular weight excluding hydrogens is 324 g/mol. The van der Waals surface area contributed by atoms with E-state index in [1.807, 2.05) is 13.0 Å². The summed E-state index contributed by atoms with van der Waals surface area (Å²) in [6.45, 7) is 3.83. The lowest BCUT2D eigenvalue weighted by atomic mass is 9.88. The number of nitrogens with zero attached hydrogens (tertiary/aromatic N) is 3. The Bertz CT molecular complexity index is 915. The number of piperidine rings is 1. The van der Waals surface area contributed by atoms with Crippen molar-refractivity contribution >= 4 is 5.91 Å². The number of aromatic nitrogens is 3. The molecule has 1 aliphatic heterocycles. The topological polar surface area (TPSA) is 108 Å². The number of H-pyrrole nitrogens is 1. The number of aromatic amines is 1. The third-order valence-corrected chi connectivity index (χ3v) is 4.48. The Balaban J connectivity index is 1.84. The molecule has 3 rings (SSSR count). The normalized spacial score (nSPS) is 23.5. The van der Waals surface area contributed by atoms with E-state index in [1.165, 1.54) is 21.7 Å². The lowest BCUT2D eigenvalue weighted by Crippen LogP contribution is -2.56. The largest absolute Gasteiger partial charge is 0.386 e. The maximum absolute atomic E-state index is 12.6. The molecule has 0 bridgehead atoms. The molecule has 0 saturated carbocycles. The van der Waals surface area contributed by atoms with Crippen LogP contribution in [-0.2, 0) is 0 Å². The Labute approximate surface area is 143 Å². The maximum Gasteiger partial charge on any atom is 0.328 e. The smallest absolute Gasteiger partial charge is 0.328 e. The van der Waals surface area contributed by atoms with E-state index < -0.39 is 22.9 Å². The quantitative estimate of drug-likeness (QED) is 0.802. The highest BCUT2D eigenvalue weighted by molar-refractivity contribution is 5.92. The van der Waals surface area contributed by atoms with Crippen LogP contribution in [0.4, 0.5) is 0 Å². The van der Waals surface area contributed by atoms with Gasteiger partial charge in [0.1, 0.15) is 11.3 Å². The van der Waals surface area contributed by atoms with Crippen LogP contribution in [0.1, 0.15) is 35.6 Å². The first-order valence-electron chi connectivity index (χ1n) is 8.05. The molecule has 3 heterocycles. The van der Waals surface area contributed by atoms with E-state index >= 15 is 0 Å². The second-order valence-electron chi connectivity index (χ2n) is 6.57. The minimum Gasteiger partial charge on any atom is -0.386 e. The van der Waals surface area contributed by atoms with Crippen LogP contribution >= 0.6 is 0 Å². The first-order chi connectivity index (χ1) is 11.8. The fourth-order valence-electron chi connectivity index (χ4n) is 3.27. The van der Waals surface area contributed by atoms with Gasteiger partial charge in [-0.05, 0) is 32.4 Å². The van der Waals surface area contributed by atoms with Crippen molar-refractivity contribution < 1.29 is 9.90 Å². The predicted octanol–water partition coefficient (Wildman–Crippen LogP) is 0.0782. The molecule has 2 N–H and O–H groups in total. The molecule has 8 nitrogen and oxygen atoms in total. The van der Waals surface area contributed by atoms with Gasteiger partial charge >= 0.3 is 5.69 Å². The van der Waals surface area contributed by atoms with Gasteiger partial charge in [-0.1, -0.05) is 6.07 Å². The number of carbonyl (C=O) groups is 1. The Hall–Kier alpha value is -2.74. The van der Waals surface area contributed by atoms with Crippen LogP contribution in [0.3, 0.4) is 0 Å². The van der Waals surface area contributed by atoms with Crippen LogP contribution in [0.15, 0.2) is 40.1 Å². The van der Waals surface area contributed by atoms with Crippen molar-refractivity contribution in [3.63, 3.8) is 0 Å². The zero-order valence-electron chi connectivity index (χ0n) is 14.1. The summed E-state index contributed by atoms with van der Waals surface area (Å²) in [5, 5.41) is 10.8. The number of hydrogen-bond acceptors (Lipinski definition) is 5. The molecule has 2 atom stereocenters. The molecule has 2 aromatic heterocycles. The number of likely N-dealkylation sites (tertiary alicyclic amines) is 1. The number of aryl methyl sites for hydroxylation is 1. The van der Waals surface area contributed by atoms with Crippen molar-refractivity contribution in [2.45, 2.75) is 31.9 Å². The van der Waals surface area contributed by atoms with Crippen LogP contribution in [0.25, 0.3) is 0 Å². The molecule has 0 unspecified atom stereocenters. The first kappa shape index (κ1) is 17.1. The van der Waals surface area contributed by atoms with E-state index in [0.29, 0.717) is 18.7 Å². The molecule has 0 radical (unpaired) electrons. The Kier molecular flexibility index (Phi) is 4.30. The molecule has 1 saturated heterocycles. The van der Waals surface area contributed by atoms with Gasteiger partial charge in [0.2, 0.25) is 0 Å². The van der Waals surface area contributed by atoms with Gasteiger partial charge in [-0.2, -0.15) is 0 Å². The molecule has 1 fully saturated rings. The van der Waals surface area contributed by atoms with E-state index in [1.54, 1.807) is 19.1 Å². The van der Waals surface area contributed by atoms with Crippen molar-refractivity contribution in [3.05, 3.63) is 62.7 Å². The summed E-state index contributed by atoms with van der Waals surface area (Å²) in [5.41, 5.74) is -1.31. The minimum atomic E-state index is -1.32. The third kappa shape index (κ3) is 3.39. The number of rotatable bonds is 2. The van der Waals surface area contributed by atoms with Gasteiger partial charge in [-0.15, -0.1) is 0 Å². The number of amides is 1. The number of aliphatic hydroxyl groups is 1. The van der Waals surface area contributed by atoms with E-state index in [0.717, 1.165) is 5.69 Å². The minimum absolute atomic E-state index is 0.0672. The van der Waals surface area contributed by atoms with Crippen molar-refractivity contribution in [1.82, 2.24) is 19.4 Å². The van der Waals surface area contributed by atoms with Crippen molar-refractivity contribution in [2.75, 3.05) is 13.1 Å². The molecule has 1 aliphatic rings. The van der Waals surface area contributed by atoms with Crippen LogP contribution in [0.5, 0.6) is 0 Å². The summed E-state index contributed by atoms with van der Waals surface area (Å²) < 4.78 is 1.31. The molecule has 25 heavy (non-hydrogen) atoms. The number of β-amino-alcohol motifs (C(OH)–C–C–N with tert-alkyl or cyclic N) is 1. The summed E-state index contributed by atoms with van der Waals surface area (Å²) in [6.07, 6.45) is 1.76. The van der Waals surface area contributed by atoms with Gasteiger partial charge in [0.25, 0.3) is 11.5 Å². The monoisotopic (exact) mass is 344 g/mol. The van der Waals surface area contributed by atoms with E-state index in [4.69, 9.17) is 0 Å². The molecule has 8 heteroatoms. The lowest BCUT2D eigenvalue weighted by Gasteiger charge is -2.43. The van der Waals surface area contributed by atoms with E-state index in [-0.39, 0.29) is 12.5 Å². The van der Waals surface area contributed by atoms with Crippen LogP contribution < -0.4 is 11.2 Å². The van der Waals surface area contributed by atoms with Gasteiger partial charge in [0.05, 0.1) is 12.6 Å². The summed E-state index contributed by atoms with van der Waals surface area (Å²) >= 11 is 0. The summed E-state index contributed by atoms with van der Waals surface area (Å²) in [7, 11) is 0. The average molecular weight is 344 g/mol. The lowest BCUT2D eigenvalue weighted by molar-refractivity contribution is -0.0505. The fraction of sp³-hybridized carbons (Fsp3) is 0.412. The van der Waals surface area contributed by atoms with Crippen molar-refractivity contribution in [2.24, 2.45) is 0 Å². The highest BCUT2D eigenvalue weighted by Crippen LogP contribution is 2.31. The van der Waals surface area contributed by atoms with Gasteiger partial charge in [-0.3, -0.25) is 19.1 Å². The number of nitrogens with one attached hydrogen (secondary N) is 1. The predicted molar refractivity (Wildman–Crippen MR) is 90.5 cm³/mol. The Morgan fingerprint density at radius 3 is 2.76 bits per heavy atom. The number of carbonyl (C=O) groups excluding carboxylic acids is 1. The summed E-state index contributed by atoms with van der Waals surface area (Å²) in [4.78, 5) is 43.8. The van der Waals surface area contributed by atoms with Crippen LogP contribution in [0.2, 0.25) is 0 Å². The van der Waals surface area contributed by atoms with Gasteiger partial charge in [-0.25, -0.2) is 9.78 Å². The van der Waals surface area contributed by atoms with E-state index in [2.05, 4.69) is 9.97 Å². The summed E-state index contributed by atoms with van der Waals surface area (Å²) in [6, 6.07) is 5.92. The number of hydrogen-bond donors (Lipinski definition) is 2. The fourth-order valence-corrected chi connectivity index (χ4v) is 3.27. The van der Waals surface area contributed by atoms with Crippen molar-refractivity contribution in [1.29, 1.82) is 0 Å². The molecular formula is C17H20N4O4. The molecule has 0 aromatic carbocycles. The molecule has 2 aromatic rings. The molecule has 132 valence electrons. The van der Waals surface area contributed by atoms with Crippen LogP contribution in [-0.4, -0.2) is 49.1 Å². The molecule has 0 spiro atoms. The standard InChI is InChI=1S/C17H20N4O4/c1-11-4-3-5-12(18-11)15(23)20-8-6-13(17(2,25)10-20)21-9-7-14(22)19-16(21)24/h3-5,7,9,13,25H,6,8,10H2,1-2H3,(H,19,22,24)/t13-,17-/m1/s1. The van der Waals surface area contributed by atoms with Crippen molar-refractivity contribution in [3.8, 4) is 0 Å². The molecule has 0 aliphatic carbocycles. The highest BCUT2D eigenvalue weighted by Gasteiger charge is 2.41. The Morgan fingerprint density at radius 1 is 1.36 bits per heavy atom. The second kappa shape index (κ2) is 6.29. The number of pyridine rings is 1. The van der Waals surface area contributed by atoms with Crippen LogP contribution in [0, 0.1) is 6.92 Å². The molecule has 1 amide bonds. The summed E-state index contributed by atoms with van der Waals surface area (Å²) in [5.74, 6) is -0.253. The highest BCUT2D eigenvalue weighted by atomic mass is 16.3. The maximum atomic E-state index is 12.6. The zero-order valence-corrected chi connectivity index (χ0v) is 14.1. The second-order valence-corrected chi connectivity index (χ2v) is 6.57. The first-order valence-corrected chi connectivity index (χ1v) is 8.05. The Morgan fingerprint density at radius 2 is 2.12 bits per heavy atom. The van der Waals surface area contributed by atoms with E-state index in [9.17, 15) is 19.5 Å². The average Bonchev–Trinajstić information content (AvgIpc) is 2.54. The zero-order chi connectivity index (χ0) is 18.2. The third-order valence-electron chi connectivity index (χ3n) is 4.48. The SMILES string of the molecule is Cc1cccc(C(=O)N2CC[C@@H](n3ccc(=O)[nH]c3=O)[C@](C)(O)C2)n1. The van der Waals surface area contributed by atoms with Gasteiger partial charge in [0, 0.05) is 24.5 Å².